The number of hydrogen-bond acceptors (Lipinski definition) is 5. The lowest BCUT2D eigenvalue weighted by atomic mass is 10.2. The first-order chi connectivity index (χ1) is 8.27. The molecule has 2 heterocycles. The molecule has 1 aliphatic heterocycles. The van der Waals surface area contributed by atoms with E-state index in [0.717, 1.165) is 6.54 Å². The summed E-state index contributed by atoms with van der Waals surface area (Å²) in [5.41, 5.74) is 5.53. The molecule has 17 heavy (non-hydrogen) atoms. The van der Waals surface area contributed by atoms with Crippen molar-refractivity contribution in [2.24, 2.45) is 5.73 Å². The summed E-state index contributed by atoms with van der Waals surface area (Å²) in [6.45, 7) is 2.59. The Morgan fingerprint density at radius 1 is 1.65 bits per heavy atom. The van der Waals surface area contributed by atoms with Crippen LogP contribution in [0.15, 0.2) is 18.3 Å². The Morgan fingerprint density at radius 3 is 3.35 bits per heavy atom. The average Bonchev–Trinajstić information content (AvgIpc) is 2.58. The highest BCUT2D eigenvalue weighted by Crippen LogP contribution is 2.15. The highest BCUT2D eigenvalue weighted by Gasteiger charge is 2.17. The second-order valence-electron chi connectivity index (χ2n) is 3.74. The van der Waals surface area contributed by atoms with Crippen molar-refractivity contribution in [1.29, 1.82) is 0 Å². The number of rotatable bonds is 3. The van der Waals surface area contributed by atoms with Gasteiger partial charge in [0.15, 0.2) is 0 Å². The number of carbonyl (C=O) groups is 1. The Hall–Kier alpha value is -1.66. The average molecular weight is 237 g/mol. The van der Waals surface area contributed by atoms with Gasteiger partial charge in [0, 0.05) is 19.3 Å². The van der Waals surface area contributed by atoms with Crippen LogP contribution in [0.1, 0.15) is 10.4 Å². The number of nitrogens with two attached hydrogens (primary N) is 1. The van der Waals surface area contributed by atoms with Crippen LogP contribution in [0.25, 0.3) is 0 Å². The maximum Gasteiger partial charge on any atom is 0.254 e. The number of aromatic nitrogens is 1. The maximum absolute atomic E-state index is 11.2. The van der Waals surface area contributed by atoms with Gasteiger partial charge in [0.1, 0.15) is 11.7 Å². The standard InChI is InChI=1S/C11H15N3O3/c12-10(15)9-2-1-3-14-11(9)17-8-6-13-4-5-16-7-8/h1-3,8,13H,4-7H2,(H2,12,15). The summed E-state index contributed by atoms with van der Waals surface area (Å²) in [4.78, 5) is 15.2. The van der Waals surface area contributed by atoms with E-state index in [1.54, 1.807) is 18.3 Å². The topological polar surface area (TPSA) is 86.5 Å². The third-order valence-corrected chi connectivity index (χ3v) is 2.41. The third kappa shape index (κ3) is 3.15. The molecule has 1 unspecified atom stereocenters. The van der Waals surface area contributed by atoms with Crippen LogP contribution in [-0.4, -0.2) is 43.3 Å². The highest BCUT2D eigenvalue weighted by atomic mass is 16.5. The second kappa shape index (κ2) is 5.60. The number of nitrogens with zero attached hydrogens (tertiary/aromatic N) is 1. The zero-order valence-electron chi connectivity index (χ0n) is 9.39. The molecule has 3 N–H and O–H groups in total. The molecule has 1 aromatic heterocycles. The minimum atomic E-state index is -0.546. The Morgan fingerprint density at radius 2 is 2.53 bits per heavy atom. The molecule has 2 rings (SSSR count). The van der Waals surface area contributed by atoms with Gasteiger partial charge in [-0.25, -0.2) is 4.98 Å². The van der Waals surface area contributed by atoms with Crippen molar-refractivity contribution >= 4 is 5.91 Å². The van der Waals surface area contributed by atoms with Gasteiger partial charge in [0.05, 0.1) is 13.2 Å². The van der Waals surface area contributed by atoms with Crippen molar-refractivity contribution in [3.8, 4) is 5.88 Å². The van der Waals surface area contributed by atoms with Gasteiger partial charge in [-0.3, -0.25) is 4.79 Å². The monoisotopic (exact) mass is 237 g/mol. The van der Waals surface area contributed by atoms with Gasteiger partial charge in [-0.2, -0.15) is 0 Å². The molecule has 1 aliphatic rings. The minimum Gasteiger partial charge on any atom is -0.470 e. The maximum atomic E-state index is 11.2. The number of hydrogen-bond donors (Lipinski definition) is 2. The zero-order chi connectivity index (χ0) is 12.1. The van der Waals surface area contributed by atoms with E-state index in [4.69, 9.17) is 15.2 Å². The predicted octanol–water partition coefficient (Wildman–Crippen LogP) is -0.452. The fraction of sp³-hybridized carbons (Fsp3) is 0.455. The van der Waals surface area contributed by atoms with Crippen LogP contribution in [0.5, 0.6) is 5.88 Å². The van der Waals surface area contributed by atoms with Crippen LogP contribution in [0.4, 0.5) is 0 Å². The van der Waals surface area contributed by atoms with Crippen molar-refractivity contribution < 1.29 is 14.3 Å². The summed E-state index contributed by atoms with van der Waals surface area (Å²) < 4.78 is 11.0. The number of primary amides is 1. The molecule has 0 spiro atoms. The van der Waals surface area contributed by atoms with Crippen LogP contribution in [0.2, 0.25) is 0 Å². The van der Waals surface area contributed by atoms with Crippen LogP contribution < -0.4 is 15.8 Å². The fourth-order valence-electron chi connectivity index (χ4n) is 1.59. The molecule has 0 saturated carbocycles. The van der Waals surface area contributed by atoms with E-state index in [1.165, 1.54) is 0 Å². The van der Waals surface area contributed by atoms with Crippen molar-refractivity contribution in [3.05, 3.63) is 23.9 Å². The number of pyridine rings is 1. The molecule has 0 aromatic carbocycles. The van der Waals surface area contributed by atoms with Gasteiger partial charge in [-0.1, -0.05) is 0 Å². The molecular formula is C11H15N3O3. The lowest BCUT2D eigenvalue weighted by molar-refractivity contribution is 0.0691. The van der Waals surface area contributed by atoms with E-state index in [1.807, 2.05) is 0 Å². The van der Waals surface area contributed by atoms with Gasteiger partial charge in [0.2, 0.25) is 5.88 Å². The van der Waals surface area contributed by atoms with E-state index in [0.29, 0.717) is 19.8 Å². The first-order valence-corrected chi connectivity index (χ1v) is 5.47. The molecule has 0 aliphatic carbocycles. The molecule has 6 heteroatoms. The molecule has 0 bridgehead atoms. The van der Waals surface area contributed by atoms with Crippen LogP contribution >= 0.6 is 0 Å². The van der Waals surface area contributed by atoms with E-state index < -0.39 is 5.91 Å². The normalized spacial score (nSPS) is 20.6. The largest absolute Gasteiger partial charge is 0.470 e. The molecule has 0 radical (unpaired) electrons. The van der Waals surface area contributed by atoms with Gasteiger partial charge in [0.25, 0.3) is 5.91 Å². The summed E-state index contributed by atoms with van der Waals surface area (Å²) in [5, 5.41) is 3.17. The van der Waals surface area contributed by atoms with E-state index in [-0.39, 0.29) is 17.5 Å². The fourth-order valence-corrected chi connectivity index (χ4v) is 1.59. The molecule has 92 valence electrons. The number of nitrogens with one attached hydrogen (secondary N) is 1. The third-order valence-electron chi connectivity index (χ3n) is 2.41. The Bertz CT molecular complexity index is 389. The quantitative estimate of drug-likeness (QED) is 0.743. The first-order valence-electron chi connectivity index (χ1n) is 5.47. The van der Waals surface area contributed by atoms with Crippen molar-refractivity contribution in [2.75, 3.05) is 26.3 Å². The van der Waals surface area contributed by atoms with Crippen molar-refractivity contribution in [3.63, 3.8) is 0 Å². The molecular weight excluding hydrogens is 222 g/mol. The number of amides is 1. The SMILES string of the molecule is NC(=O)c1cccnc1OC1CNCCOC1. The Labute approximate surface area is 99.1 Å². The van der Waals surface area contributed by atoms with Gasteiger partial charge < -0.3 is 20.5 Å². The van der Waals surface area contributed by atoms with Crippen molar-refractivity contribution in [1.82, 2.24) is 10.3 Å². The zero-order valence-corrected chi connectivity index (χ0v) is 9.39. The van der Waals surface area contributed by atoms with Gasteiger partial charge >= 0.3 is 0 Å². The molecule has 1 fully saturated rings. The summed E-state index contributed by atoms with van der Waals surface area (Å²) in [6.07, 6.45) is 1.40. The Kier molecular flexibility index (Phi) is 3.89. The van der Waals surface area contributed by atoms with Crippen molar-refractivity contribution in [2.45, 2.75) is 6.10 Å². The summed E-state index contributed by atoms with van der Waals surface area (Å²) >= 11 is 0. The second-order valence-corrected chi connectivity index (χ2v) is 3.74. The predicted molar refractivity (Wildman–Crippen MR) is 60.9 cm³/mol. The lowest BCUT2D eigenvalue weighted by Crippen LogP contribution is -2.33. The lowest BCUT2D eigenvalue weighted by Gasteiger charge is -2.16. The summed E-state index contributed by atoms with van der Waals surface area (Å²) in [5.74, 6) is -0.284. The molecule has 1 atom stereocenters. The summed E-state index contributed by atoms with van der Waals surface area (Å²) in [6, 6.07) is 3.24. The van der Waals surface area contributed by atoms with E-state index in [2.05, 4.69) is 10.3 Å². The highest BCUT2D eigenvalue weighted by molar-refractivity contribution is 5.94. The van der Waals surface area contributed by atoms with Gasteiger partial charge in [-0.05, 0) is 12.1 Å². The van der Waals surface area contributed by atoms with E-state index in [9.17, 15) is 4.79 Å². The molecule has 1 amide bonds. The Balaban J connectivity index is 2.09. The van der Waals surface area contributed by atoms with E-state index >= 15 is 0 Å². The number of ether oxygens (including phenoxy) is 2. The molecule has 1 saturated heterocycles. The summed E-state index contributed by atoms with van der Waals surface area (Å²) in [7, 11) is 0. The molecule has 6 nitrogen and oxygen atoms in total. The number of carbonyl (C=O) groups excluding carboxylic acids is 1. The van der Waals surface area contributed by atoms with Crippen LogP contribution in [-0.2, 0) is 4.74 Å². The van der Waals surface area contributed by atoms with Gasteiger partial charge in [-0.15, -0.1) is 0 Å². The van der Waals surface area contributed by atoms with Crippen LogP contribution in [0.3, 0.4) is 0 Å². The van der Waals surface area contributed by atoms with Crippen LogP contribution in [0, 0.1) is 0 Å². The minimum absolute atomic E-state index is 0.162. The molecule has 1 aromatic rings. The smallest absolute Gasteiger partial charge is 0.254 e. The first kappa shape index (κ1) is 11.8.